The molecule has 0 spiro atoms. The van der Waals surface area contributed by atoms with Crippen molar-refractivity contribution in [3.63, 3.8) is 0 Å². The first-order valence-corrected chi connectivity index (χ1v) is 9.61. The molecule has 1 aliphatic heterocycles. The van der Waals surface area contributed by atoms with Gasteiger partial charge in [0.05, 0.1) is 18.7 Å². The molecule has 2 N–H and O–H groups in total. The van der Waals surface area contributed by atoms with Crippen molar-refractivity contribution in [1.29, 1.82) is 0 Å². The number of aromatic hydroxyl groups is 1. The Labute approximate surface area is 175 Å². The number of likely N-dealkylation sites (N-methyl/N-ethyl adjacent to an activating group) is 1. The average Bonchev–Trinajstić information content (AvgIpc) is 2.96. The molecular weight excluding hydrogens is 384 g/mol. The van der Waals surface area contributed by atoms with Gasteiger partial charge >= 0.3 is 0 Å². The lowest BCUT2D eigenvalue weighted by atomic mass is 9.94. The van der Waals surface area contributed by atoms with E-state index in [9.17, 15) is 19.8 Å². The fourth-order valence-corrected chi connectivity index (χ4v) is 3.60. The lowest BCUT2D eigenvalue weighted by Crippen LogP contribution is -2.35. The summed E-state index contributed by atoms with van der Waals surface area (Å²) in [4.78, 5) is 29.2. The van der Waals surface area contributed by atoms with E-state index in [1.165, 1.54) is 17.0 Å². The molecule has 0 bridgehead atoms. The maximum absolute atomic E-state index is 13.0. The van der Waals surface area contributed by atoms with Crippen LogP contribution < -0.4 is 4.74 Å². The van der Waals surface area contributed by atoms with Crippen molar-refractivity contribution in [2.75, 3.05) is 34.3 Å². The van der Waals surface area contributed by atoms with Crippen molar-refractivity contribution in [3.8, 4) is 11.5 Å². The maximum Gasteiger partial charge on any atom is 0.295 e. The molecule has 1 atom stereocenters. The Balaban J connectivity index is 2.16. The SMILES string of the molecule is COc1ccc(/C(O)=C2\C(=O)C(=O)N(CCN(C)C)[C@H]2c2ccc(O)cc2)c(C)c1. The normalized spacial score (nSPS) is 18.3. The predicted octanol–water partition coefficient (Wildman–Crippen LogP) is 2.69. The minimum absolute atomic E-state index is 0.0395. The van der Waals surface area contributed by atoms with Crippen LogP contribution in [0.5, 0.6) is 11.5 Å². The zero-order valence-electron chi connectivity index (χ0n) is 17.5. The number of aliphatic hydroxyl groups is 1. The third kappa shape index (κ3) is 4.02. The van der Waals surface area contributed by atoms with Gasteiger partial charge in [0.15, 0.2) is 0 Å². The van der Waals surface area contributed by atoms with Gasteiger partial charge in [-0.1, -0.05) is 12.1 Å². The fourth-order valence-electron chi connectivity index (χ4n) is 3.60. The van der Waals surface area contributed by atoms with E-state index in [1.807, 2.05) is 19.0 Å². The van der Waals surface area contributed by atoms with Crippen LogP contribution in [0.25, 0.3) is 5.76 Å². The second-order valence-electron chi connectivity index (χ2n) is 7.57. The van der Waals surface area contributed by atoms with Crippen molar-refractivity contribution in [1.82, 2.24) is 9.80 Å². The zero-order chi connectivity index (χ0) is 22.0. The maximum atomic E-state index is 13.0. The summed E-state index contributed by atoms with van der Waals surface area (Å²) >= 11 is 0. The first-order chi connectivity index (χ1) is 14.2. The number of aryl methyl sites for hydroxylation is 1. The van der Waals surface area contributed by atoms with E-state index in [1.54, 1.807) is 44.4 Å². The number of phenolic OH excluding ortho intramolecular Hbond substituents is 1. The first kappa shape index (κ1) is 21.4. The molecule has 7 nitrogen and oxygen atoms in total. The number of carbonyl (C=O) groups is 2. The lowest BCUT2D eigenvalue weighted by Gasteiger charge is -2.26. The van der Waals surface area contributed by atoms with Crippen molar-refractivity contribution >= 4 is 17.4 Å². The van der Waals surface area contributed by atoms with Gasteiger partial charge in [0.25, 0.3) is 11.7 Å². The van der Waals surface area contributed by atoms with E-state index in [2.05, 4.69) is 0 Å². The molecule has 0 unspecified atom stereocenters. The predicted molar refractivity (Wildman–Crippen MR) is 113 cm³/mol. The van der Waals surface area contributed by atoms with Crippen LogP contribution in [-0.2, 0) is 9.59 Å². The summed E-state index contributed by atoms with van der Waals surface area (Å²) in [5, 5.41) is 20.8. The van der Waals surface area contributed by atoms with Crippen LogP contribution in [0.1, 0.15) is 22.7 Å². The van der Waals surface area contributed by atoms with Gasteiger partial charge in [-0.05, 0) is 62.5 Å². The first-order valence-electron chi connectivity index (χ1n) is 9.61. The monoisotopic (exact) mass is 410 g/mol. The van der Waals surface area contributed by atoms with Gasteiger partial charge in [0.1, 0.15) is 17.3 Å². The van der Waals surface area contributed by atoms with E-state index >= 15 is 0 Å². The van der Waals surface area contributed by atoms with Crippen LogP contribution in [-0.4, -0.2) is 66.0 Å². The summed E-state index contributed by atoms with van der Waals surface area (Å²) in [6.07, 6.45) is 0. The number of amides is 1. The minimum atomic E-state index is -0.743. The Morgan fingerprint density at radius 2 is 1.80 bits per heavy atom. The van der Waals surface area contributed by atoms with Crippen LogP contribution in [0.2, 0.25) is 0 Å². The molecule has 2 aromatic rings. The van der Waals surface area contributed by atoms with Crippen molar-refractivity contribution in [2.24, 2.45) is 0 Å². The molecule has 2 aromatic carbocycles. The smallest absolute Gasteiger partial charge is 0.295 e. The van der Waals surface area contributed by atoms with Crippen LogP contribution >= 0.6 is 0 Å². The molecule has 7 heteroatoms. The minimum Gasteiger partial charge on any atom is -0.508 e. The summed E-state index contributed by atoms with van der Waals surface area (Å²) in [6, 6.07) is 10.7. The van der Waals surface area contributed by atoms with Crippen molar-refractivity contribution < 1.29 is 24.5 Å². The van der Waals surface area contributed by atoms with Gasteiger partial charge in [-0.25, -0.2) is 0 Å². The molecule has 1 fully saturated rings. The highest BCUT2D eigenvalue weighted by Gasteiger charge is 2.46. The Bertz CT molecular complexity index is 995. The topological polar surface area (TPSA) is 90.3 Å². The lowest BCUT2D eigenvalue weighted by molar-refractivity contribution is -0.140. The quantitative estimate of drug-likeness (QED) is 0.432. The van der Waals surface area contributed by atoms with Crippen LogP contribution in [0, 0.1) is 6.92 Å². The molecule has 30 heavy (non-hydrogen) atoms. The van der Waals surface area contributed by atoms with Crippen LogP contribution in [0.4, 0.5) is 0 Å². The number of ketones is 1. The van der Waals surface area contributed by atoms with E-state index < -0.39 is 17.7 Å². The van der Waals surface area contributed by atoms with Gasteiger partial charge in [0.2, 0.25) is 0 Å². The van der Waals surface area contributed by atoms with E-state index in [-0.39, 0.29) is 17.1 Å². The number of hydrogen-bond acceptors (Lipinski definition) is 6. The molecule has 158 valence electrons. The Morgan fingerprint density at radius 3 is 2.37 bits per heavy atom. The van der Waals surface area contributed by atoms with Gasteiger partial charge in [-0.15, -0.1) is 0 Å². The number of phenols is 1. The van der Waals surface area contributed by atoms with Crippen molar-refractivity contribution in [3.05, 3.63) is 64.7 Å². The number of Topliss-reactive ketones (excluding diaryl/α,β-unsaturated/α-hetero) is 1. The number of hydrogen-bond donors (Lipinski definition) is 2. The largest absolute Gasteiger partial charge is 0.508 e. The van der Waals surface area contributed by atoms with Gasteiger partial charge in [-0.2, -0.15) is 0 Å². The molecule has 3 rings (SSSR count). The molecular formula is C23H26N2O5. The number of likely N-dealkylation sites (tertiary alicyclic amines) is 1. The number of methoxy groups -OCH3 is 1. The Morgan fingerprint density at radius 1 is 1.13 bits per heavy atom. The number of carbonyl (C=O) groups excluding carboxylic acids is 2. The van der Waals surface area contributed by atoms with Crippen molar-refractivity contribution in [2.45, 2.75) is 13.0 Å². The molecule has 0 aromatic heterocycles. The Kier molecular flexibility index (Phi) is 6.12. The number of ether oxygens (including phenoxy) is 1. The van der Waals surface area contributed by atoms with Crippen LogP contribution in [0.15, 0.2) is 48.0 Å². The summed E-state index contributed by atoms with van der Waals surface area (Å²) in [5.41, 5.74) is 1.86. The highest BCUT2D eigenvalue weighted by Crippen LogP contribution is 2.40. The fraction of sp³-hybridized carbons (Fsp3) is 0.304. The van der Waals surface area contributed by atoms with E-state index in [0.29, 0.717) is 30.0 Å². The number of rotatable bonds is 6. The third-order valence-electron chi connectivity index (χ3n) is 5.23. The average molecular weight is 410 g/mol. The molecule has 1 saturated heterocycles. The highest BCUT2D eigenvalue weighted by molar-refractivity contribution is 6.46. The zero-order valence-corrected chi connectivity index (χ0v) is 17.5. The van der Waals surface area contributed by atoms with Gasteiger partial charge in [-0.3, -0.25) is 9.59 Å². The van der Waals surface area contributed by atoms with Gasteiger partial charge < -0.3 is 24.7 Å². The summed E-state index contributed by atoms with van der Waals surface area (Å²) < 4.78 is 5.21. The summed E-state index contributed by atoms with van der Waals surface area (Å²) in [7, 11) is 5.31. The molecule has 0 radical (unpaired) electrons. The van der Waals surface area contributed by atoms with E-state index in [0.717, 1.165) is 5.56 Å². The highest BCUT2D eigenvalue weighted by atomic mass is 16.5. The molecule has 1 heterocycles. The second kappa shape index (κ2) is 8.59. The Hall–Kier alpha value is -3.32. The summed E-state index contributed by atoms with van der Waals surface area (Å²) in [5.74, 6) is -0.887. The molecule has 0 aliphatic carbocycles. The summed E-state index contributed by atoms with van der Waals surface area (Å²) in [6.45, 7) is 2.68. The number of aliphatic hydroxyl groups excluding tert-OH is 1. The van der Waals surface area contributed by atoms with E-state index in [4.69, 9.17) is 4.74 Å². The second-order valence-corrected chi connectivity index (χ2v) is 7.57. The molecule has 1 aliphatic rings. The standard InChI is InChI=1S/C23H26N2O5/c1-14-13-17(30-4)9-10-18(14)21(27)19-20(15-5-7-16(26)8-6-15)25(12-11-24(2)3)23(29)22(19)28/h5-10,13,20,26-27H,11-12H2,1-4H3/b21-19+/t20-/m0/s1. The number of nitrogens with zero attached hydrogens (tertiary/aromatic N) is 2. The number of benzene rings is 2. The van der Waals surface area contributed by atoms with Gasteiger partial charge in [0, 0.05) is 18.7 Å². The molecule has 1 amide bonds. The van der Waals surface area contributed by atoms with Crippen LogP contribution in [0.3, 0.4) is 0 Å². The third-order valence-corrected chi connectivity index (χ3v) is 5.23. The molecule has 0 saturated carbocycles.